The summed E-state index contributed by atoms with van der Waals surface area (Å²) in [7, 11) is 1.41. The molecular formula is C23H35ClO5. The van der Waals surface area contributed by atoms with Gasteiger partial charge in [0.15, 0.2) is 0 Å². The molecule has 2 aliphatic carbocycles. The van der Waals surface area contributed by atoms with Crippen LogP contribution >= 0.6 is 11.6 Å². The van der Waals surface area contributed by atoms with E-state index in [0.717, 1.165) is 50.7 Å². The normalized spacial score (nSPS) is 36.5. The van der Waals surface area contributed by atoms with Crippen LogP contribution in [0.2, 0.25) is 0 Å². The van der Waals surface area contributed by atoms with Gasteiger partial charge in [-0.15, -0.1) is 11.6 Å². The Morgan fingerprint density at radius 1 is 1.38 bits per heavy atom. The van der Waals surface area contributed by atoms with Gasteiger partial charge in [0.1, 0.15) is 6.10 Å². The first kappa shape index (κ1) is 22.6. The molecule has 0 aromatic rings. The van der Waals surface area contributed by atoms with Crippen LogP contribution in [0.25, 0.3) is 0 Å². The molecule has 0 radical (unpaired) electrons. The van der Waals surface area contributed by atoms with E-state index in [9.17, 15) is 15.0 Å². The van der Waals surface area contributed by atoms with Gasteiger partial charge >= 0.3 is 5.97 Å². The third kappa shape index (κ3) is 5.99. The van der Waals surface area contributed by atoms with Gasteiger partial charge < -0.3 is 19.7 Å². The van der Waals surface area contributed by atoms with Gasteiger partial charge in [0.25, 0.3) is 0 Å². The van der Waals surface area contributed by atoms with E-state index < -0.39 is 12.2 Å². The minimum atomic E-state index is -0.447. The molecule has 0 aromatic carbocycles. The molecule has 0 aromatic heterocycles. The third-order valence-corrected chi connectivity index (χ3v) is 7.15. The second-order valence-corrected chi connectivity index (χ2v) is 9.21. The fourth-order valence-corrected chi connectivity index (χ4v) is 5.54. The third-order valence-electron chi connectivity index (χ3n) is 6.93. The molecule has 5 nitrogen and oxygen atoms in total. The number of carbonyl (C=O) groups excluding carboxylic acids is 1. The van der Waals surface area contributed by atoms with Crippen LogP contribution in [0.4, 0.5) is 0 Å². The number of aliphatic hydroxyl groups excluding tert-OH is 2. The van der Waals surface area contributed by atoms with Crippen molar-refractivity contribution in [1.29, 1.82) is 0 Å². The van der Waals surface area contributed by atoms with Crippen molar-refractivity contribution < 1.29 is 24.5 Å². The molecule has 1 aliphatic heterocycles. The van der Waals surface area contributed by atoms with Crippen molar-refractivity contribution in [3.05, 3.63) is 24.0 Å². The lowest BCUT2D eigenvalue weighted by atomic mass is 9.89. The monoisotopic (exact) mass is 426 g/mol. The lowest BCUT2D eigenvalue weighted by Crippen LogP contribution is -2.20. The summed E-state index contributed by atoms with van der Waals surface area (Å²) in [5.41, 5.74) is 0. The number of methoxy groups -OCH3 is 1. The summed E-state index contributed by atoms with van der Waals surface area (Å²) >= 11 is 5.85. The topological polar surface area (TPSA) is 76.0 Å². The van der Waals surface area contributed by atoms with Crippen LogP contribution < -0.4 is 0 Å². The summed E-state index contributed by atoms with van der Waals surface area (Å²) in [6.45, 7) is 0. The van der Waals surface area contributed by atoms with Crippen molar-refractivity contribution in [3.63, 3.8) is 0 Å². The molecular weight excluding hydrogens is 392 g/mol. The number of ether oxygens (including phenoxy) is 2. The second kappa shape index (κ2) is 10.8. The average molecular weight is 427 g/mol. The van der Waals surface area contributed by atoms with Crippen molar-refractivity contribution >= 4 is 17.6 Å². The molecule has 3 rings (SSSR count). The summed E-state index contributed by atoms with van der Waals surface area (Å²) in [4.78, 5) is 11.2. The number of carbonyl (C=O) groups is 1. The summed E-state index contributed by atoms with van der Waals surface area (Å²) in [6.07, 6.45) is 12.9. The Bertz CT molecular complexity index is 604. The Labute approximate surface area is 179 Å². The number of hydrogen-bond donors (Lipinski definition) is 2. The first-order chi connectivity index (χ1) is 14.0. The second-order valence-electron chi connectivity index (χ2n) is 8.84. The molecule has 29 heavy (non-hydrogen) atoms. The number of halogens is 1. The van der Waals surface area contributed by atoms with E-state index in [-0.39, 0.29) is 23.9 Å². The predicted molar refractivity (Wildman–Crippen MR) is 112 cm³/mol. The number of rotatable bonds is 9. The molecule has 2 unspecified atom stereocenters. The van der Waals surface area contributed by atoms with Gasteiger partial charge in [-0.3, -0.25) is 4.79 Å². The van der Waals surface area contributed by atoms with Gasteiger partial charge in [-0.05, 0) is 50.0 Å². The Morgan fingerprint density at radius 2 is 2.21 bits per heavy atom. The number of esters is 1. The maximum atomic E-state index is 11.2. The molecule has 2 N–H and O–H groups in total. The van der Waals surface area contributed by atoms with Gasteiger partial charge in [-0.2, -0.15) is 0 Å². The molecule has 6 heteroatoms. The van der Waals surface area contributed by atoms with E-state index >= 15 is 0 Å². The van der Waals surface area contributed by atoms with Crippen molar-refractivity contribution in [2.45, 2.75) is 76.1 Å². The van der Waals surface area contributed by atoms with E-state index in [1.54, 1.807) is 0 Å². The molecule has 3 fully saturated rings. The zero-order valence-corrected chi connectivity index (χ0v) is 18.1. The van der Waals surface area contributed by atoms with Crippen LogP contribution in [-0.2, 0) is 14.3 Å². The Morgan fingerprint density at radius 3 is 2.97 bits per heavy atom. The molecule has 2 saturated carbocycles. The van der Waals surface area contributed by atoms with E-state index in [1.807, 2.05) is 12.2 Å². The summed E-state index contributed by atoms with van der Waals surface area (Å²) in [6, 6.07) is 0. The van der Waals surface area contributed by atoms with E-state index in [4.69, 9.17) is 16.3 Å². The van der Waals surface area contributed by atoms with Gasteiger partial charge in [0.2, 0.25) is 0 Å². The van der Waals surface area contributed by atoms with Crippen LogP contribution in [0.15, 0.2) is 24.0 Å². The van der Waals surface area contributed by atoms with Crippen LogP contribution in [0.1, 0.15) is 57.8 Å². The van der Waals surface area contributed by atoms with Gasteiger partial charge in [-0.25, -0.2) is 0 Å². The zero-order chi connectivity index (χ0) is 20.8. The van der Waals surface area contributed by atoms with E-state index in [0.29, 0.717) is 30.6 Å². The number of alkyl halides is 1. The number of fused-ring (bicyclic) bond motifs is 1. The van der Waals surface area contributed by atoms with Crippen molar-refractivity contribution in [2.24, 2.45) is 23.7 Å². The fraction of sp³-hybridized carbons (Fsp3) is 0.783. The molecule has 3 aliphatic rings. The van der Waals surface area contributed by atoms with Gasteiger partial charge in [0.05, 0.1) is 25.1 Å². The maximum Gasteiger partial charge on any atom is 0.305 e. The number of aliphatic hydroxyl groups is 2. The Kier molecular flexibility index (Phi) is 8.45. The highest BCUT2D eigenvalue weighted by molar-refractivity contribution is 6.17. The van der Waals surface area contributed by atoms with Crippen LogP contribution in [0.5, 0.6) is 0 Å². The van der Waals surface area contributed by atoms with E-state index in [1.165, 1.54) is 7.11 Å². The maximum absolute atomic E-state index is 11.2. The Balaban J connectivity index is 1.49. The van der Waals surface area contributed by atoms with Crippen molar-refractivity contribution in [1.82, 2.24) is 0 Å². The summed E-state index contributed by atoms with van der Waals surface area (Å²) in [5, 5.41) is 21.1. The van der Waals surface area contributed by atoms with Crippen LogP contribution in [0, 0.1) is 23.7 Å². The predicted octanol–water partition coefficient (Wildman–Crippen LogP) is 3.96. The number of unbranched alkanes of at least 4 members (excludes halogenated alkanes) is 1. The molecule has 0 spiro atoms. The quantitative estimate of drug-likeness (QED) is 0.252. The Hall–Kier alpha value is -1.04. The minimum absolute atomic E-state index is 0.0238. The SMILES string of the molecule is COC(=O)CCC/C=C1/C[C@@H]2[C@@H](/C=C/[C@@H](O)C3CCC(CCCl)C3)[C@H](O)C[C@H]2O1. The fourth-order valence-electron chi connectivity index (χ4n) is 5.23. The first-order valence-electron chi connectivity index (χ1n) is 11.0. The van der Waals surface area contributed by atoms with Gasteiger partial charge in [-0.1, -0.05) is 18.6 Å². The van der Waals surface area contributed by atoms with Crippen molar-refractivity contribution in [2.75, 3.05) is 13.0 Å². The molecule has 0 bridgehead atoms. The number of hydrogen-bond acceptors (Lipinski definition) is 5. The highest BCUT2D eigenvalue weighted by Gasteiger charge is 2.47. The highest BCUT2D eigenvalue weighted by Crippen LogP contribution is 2.46. The smallest absolute Gasteiger partial charge is 0.305 e. The molecule has 1 saturated heterocycles. The van der Waals surface area contributed by atoms with Crippen LogP contribution in [0.3, 0.4) is 0 Å². The number of allylic oxidation sites excluding steroid dienone is 2. The highest BCUT2D eigenvalue weighted by atomic mass is 35.5. The zero-order valence-electron chi connectivity index (χ0n) is 17.3. The van der Waals surface area contributed by atoms with Gasteiger partial charge in [0, 0.05) is 37.0 Å². The molecule has 0 amide bonds. The van der Waals surface area contributed by atoms with E-state index in [2.05, 4.69) is 10.8 Å². The lowest BCUT2D eigenvalue weighted by molar-refractivity contribution is -0.140. The largest absolute Gasteiger partial charge is 0.495 e. The molecule has 1 heterocycles. The minimum Gasteiger partial charge on any atom is -0.495 e. The standard InChI is InChI=1S/C23H35ClO5/c1-28-23(27)5-3-2-4-17-13-19-18(21(26)14-22(19)29-17)8-9-20(25)16-7-6-15(12-16)10-11-24/h4,8-9,15-16,18-22,25-26H,2-3,5-7,10-14H2,1H3/b9-8+,17-4-/t15?,16?,18-,19-,20-,21-,22-/m1/s1. The molecule has 7 atom stereocenters. The first-order valence-corrected chi connectivity index (χ1v) is 11.6. The van der Waals surface area contributed by atoms with Crippen molar-refractivity contribution in [3.8, 4) is 0 Å². The summed E-state index contributed by atoms with van der Waals surface area (Å²) in [5.74, 6) is 2.70. The molecule has 164 valence electrons. The lowest BCUT2D eigenvalue weighted by Gasteiger charge is -2.18. The summed E-state index contributed by atoms with van der Waals surface area (Å²) < 4.78 is 10.7. The van der Waals surface area contributed by atoms with Crippen LogP contribution in [-0.4, -0.2) is 47.5 Å². The average Bonchev–Trinajstić information content (AvgIpc) is 3.39.